The van der Waals surface area contributed by atoms with Gasteiger partial charge in [-0.25, -0.2) is 9.78 Å². The van der Waals surface area contributed by atoms with Gasteiger partial charge in [0.25, 0.3) is 10.8 Å². The lowest BCUT2D eigenvalue weighted by atomic mass is 9.98. The van der Waals surface area contributed by atoms with Crippen molar-refractivity contribution in [3.63, 3.8) is 0 Å². The van der Waals surface area contributed by atoms with Crippen LogP contribution < -0.4 is 10.9 Å². The third-order valence-electron chi connectivity index (χ3n) is 4.79. The highest BCUT2D eigenvalue weighted by atomic mass is 35.5. The molecule has 2 aromatic carbocycles. The molecular weight excluding hydrogens is 438 g/mol. The molecule has 9 heteroatoms. The molecule has 3 rings (SSSR count). The standard InChI is InChI=1S/C22H22ClN3O4S/c1-5-30-21(28)18-12(2)10-15-19(13(18)3)20(27)26(16-9-7-6-8-14(16)23)17(25-15)11-31-22(29)24-4/h6-10H,5,11H2,1-4H3,(H,24,29). The van der Waals surface area contributed by atoms with Crippen LogP contribution >= 0.6 is 23.4 Å². The van der Waals surface area contributed by atoms with Crippen molar-refractivity contribution in [1.82, 2.24) is 14.9 Å². The fraction of sp³-hybridized carbons (Fsp3) is 0.273. The van der Waals surface area contributed by atoms with E-state index in [1.165, 1.54) is 11.6 Å². The van der Waals surface area contributed by atoms with E-state index in [1.807, 2.05) is 0 Å². The molecule has 1 N–H and O–H groups in total. The number of halogens is 1. The number of benzene rings is 2. The summed E-state index contributed by atoms with van der Waals surface area (Å²) in [5.74, 6) is 0.0533. The molecule has 7 nitrogen and oxygen atoms in total. The molecule has 0 aliphatic carbocycles. The SMILES string of the molecule is CCOC(=O)c1c(C)cc2nc(CSC(=O)NC)n(-c3ccccc3Cl)c(=O)c2c1C. The van der Waals surface area contributed by atoms with Crippen molar-refractivity contribution in [2.75, 3.05) is 13.7 Å². The summed E-state index contributed by atoms with van der Waals surface area (Å²) in [6.45, 7) is 5.44. The molecule has 0 radical (unpaired) electrons. The van der Waals surface area contributed by atoms with E-state index in [0.717, 1.165) is 11.8 Å². The second-order valence-corrected chi connectivity index (χ2v) is 8.11. The summed E-state index contributed by atoms with van der Waals surface area (Å²) < 4.78 is 6.58. The number of thioether (sulfide) groups is 1. The van der Waals surface area contributed by atoms with Gasteiger partial charge in [-0.15, -0.1) is 0 Å². The second kappa shape index (κ2) is 9.53. The number of amides is 1. The Labute approximate surface area is 188 Å². The first-order chi connectivity index (χ1) is 14.8. The molecule has 0 bridgehead atoms. The zero-order chi connectivity index (χ0) is 22.7. The van der Waals surface area contributed by atoms with E-state index in [0.29, 0.717) is 44.1 Å². The number of carbonyl (C=O) groups excluding carboxylic acids is 2. The Morgan fingerprint density at radius 1 is 1.26 bits per heavy atom. The minimum atomic E-state index is -0.484. The lowest BCUT2D eigenvalue weighted by molar-refractivity contribution is 0.0525. The van der Waals surface area contributed by atoms with Gasteiger partial charge in [0.15, 0.2) is 0 Å². The summed E-state index contributed by atoms with van der Waals surface area (Å²) in [7, 11) is 1.54. The van der Waals surface area contributed by atoms with Crippen LogP contribution in [0.25, 0.3) is 16.6 Å². The van der Waals surface area contributed by atoms with Gasteiger partial charge in [0.05, 0.1) is 39.5 Å². The third kappa shape index (κ3) is 4.45. The number of carbonyl (C=O) groups is 2. The highest BCUT2D eigenvalue weighted by Gasteiger charge is 2.22. The number of hydrogen-bond acceptors (Lipinski definition) is 6. The van der Waals surface area contributed by atoms with Crippen LogP contribution in [0.5, 0.6) is 0 Å². The lowest BCUT2D eigenvalue weighted by Crippen LogP contribution is -2.26. The van der Waals surface area contributed by atoms with Gasteiger partial charge in [0.1, 0.15) is 5.82 Å². The number of hydrogen-bond donors (Lipinski definition) is 1. The first-order valence-corrected chi connectivity index (χ1v) is 11.0. The summed E-state index contributed by atoms with van der Waals surface area (Å²) in [5, 5.41) is 2.97. The zero-order valence-corrected chi connectivity index (χ0v) is 19.2. The minimum absolute atomic E-state index is 0.161. The van der Waals surface area contributed by atoms with Crippen molar-refractivity contribution in [1.29, 1.82) is 0 Å². The lowest BCUT2D eigenvalue weighted by Gasteiger charge is -2.17. The number of ether oxygens (including phenoxy) is 1. The van der Waals surface area contributed by atoms with Gasteiger partial charge in [-0.2, -0.15) is 0 Å². The van der Waals surface area contributed by atoms with E-state index in [9.17, 15) is 14.4 Å². The summed E-state index contributed by atoms with van der Waals surface area (Å²) in [6.07, 6.45) is 0. The maximum Gasteiger partial charge on any atom is 0.338 e. The van der Waals surface area contributed by atoms with Crippen LogP contribution in [0.3, 0.4) is 0 Å². The summed E-state index contributed by atoms with van der Waals surface area (Å²) >= 11 is 7.38. The first-order valence-electron chi connectivity index (χ1n) is 9.62. The van der Waals surface area contributed by atoms with Crippen LogP contribution in [0.1, 0.15) is 34.2 Å². The number of rotatable bonds is 5. The molecule has 1 heterocycles. The summed E-state index contributed by atoms with van der Waals surface area (Å²) in [5.41, 5.74) is 2.05. The third-order valence-corrected chi connectivity index (χ3v) is 5.98. The van der Waals surface area contributed by atoms with Crippen molar-refractivity contribution in [3.8, 4) is 5.69 Å². The van der Waals surface area contributed by atoms with E-state index in [1.54, 1.807) is 51.1 Å². The van der Waals surface area contributed by atoms with Gasteiger partial charge >= 0.3 is 5.97 Å². The Morgan fingerprint density at radius 2 is 1.97 bits per heavy atom. The maximum atomic E-state index is 13.7. The number of esters is 1. The topological polar surface area (TPSA) is 90.3 Å². The normalized spacial score (nSPS) is 10.9. The van der Waals surface area contributed by atoms with Crippen molar-refractivity contribution in [2.24, 2.45) is 0 Å². The molecule has 0 saturated carbocycles. The van der Waals surface area contributed by atoms with Gasteiger partial charge in [-0.3, -0.25) is 14.2 Å². The van der Waals surface area contributed by atoms with Crippen molar-refractivity contribution in [3.05, 3.63) is 68.2 Å². The van der Waals surface area contributed by atoms with Crippen molar-refractivity contribution >= 4 is 45.5 Å². The van der Waals surface area contributed by atoms with E-state index < -0.39 is 5.97 Å². The molecule has 0 spiro atoms. The van der Waals surface area contributed by atoms with Crippen molar-refractivity contribution < 1.29 is 14.3 Å². The Hall–Kier alpha value is -2.84. The monoisotopic (exact) mass is 459 g/mol. The summed E-state index contributed by atoms with van der Waals surface area (Å²) in [4.78, 5) is 42.7. The van der Waals surface area contributed by atoms with Crippen LogP contribution in [-0.2, 0) is 10.5 Å². The molecule has 0 atom stereocenters. The van der Waals surface area contributed by atoms with Crippen LogP contribution in [-0.4, -0.2) is 34.4 Å². The average molecular weight is 460 g/mol. The molecule has 162 valence electrons. The Bertz CT molecular complexity index is 1240. The van der Waals surface area contributed by atoms with Crippen LogP contribution in [0.15, 0.2) is 35.1 Å². The van der Waals surface area contributed by atoms with Gasteiger partial charge < -0.3 is 10.1 Å². The van der Waals surface area contributed by atoms with Gasteiger partial charge in [-0.05, 0) is 50.1 Å². The largest absolute Gasteiger partial charge is 0.462 e. The molecule has 1 aromatic heterocycles. The number of fused-ring (bicyclic) bond motifs is 1. The number of nitrogens with one attached hydrogen (secondary N) is 1. The fourth-order valence-corrected chi connectivity index (χ4v) is 4.25. The summed E-state index contributed by atoms with van der Waals surface area (Å²) in [6, 6.07) is 8.61. The van der Waals surface area contributed by atoms with E-state index >= 15 is 0 Å². The first kappa shape index (κ1) is 22.8. The molecule has 31 heavy (non-hydrogen) atoms. The van der Waals surface area contributed by atoms with Crippen LogP contribution in [0.2, 0.25) is 5.02 Å². The van der Waals surface area contributed by atoms with Gasteiger partial charge in [0, 0.05) is 7.05 Å². The molecule has 0 saturated heterocycles. The highest BCUT2D eigenvalue weighted by Crippen LogP contribution is 2.27. The second-order valence-electron chi connectivity index (χ2n) is 6.75. The minimum Gasteiger partial charge on any atom is -0.462 e. The average Bonchev–Trinajstić information content (AvgIpc) is 2.72. The molecule has 3 aromatic rings. The highest BCUT2D eigenvalue weighted by molar-refractivity contribution is 8.12. The zero-order valence-electron chi connectivity index (χ0n) is 17.6. The molecule has 0 aliphatic rings. The molecule has 0 unspecified atom stereocenters. The van der Waals surface area contributed by atoms with Crippen molar-refractivity contribution in [2.45, 2.75) is 26.5 Å². The number of aryl methyl sites for hydroxylation is 2. The van der Waals surface area contributed by atoms with E-state index in [2.05, 4.69) is 10.3 Å². The van der Waals surface area contributed by atoms with E-state index in [-0.39, 0.29) is 23.2 Å². The Kier molecular flexibility index (Phi) is 7.02. The molecule has 1 amide bonds. The van der Waals surface area contributed by atoms with Gasteiger partial charge in [-0.1, -0.05) is 35.5 Å². The number of para-hydroxylation sites is 1. The molecular formula is C22H22ClN3O4S. The predicted molar refractivity (Wildman–Crippen MR) is 124 cm³/mol. The van der Waals surface area contributed by atoms with Gasteiger partial charge in [0.2, 0.25) is 0 Å². The Balaban J connectivity index is 2.35. The quantitative estimate of drug-likeness (QED) is 0.568. The predicted octanol–water partition coefficient (Wildman–Crippen LogP) is 4.41. The van der Waals surface area contributed by atoms with E-state index in [4.69, 9.17) is 16.3 Å². The molecule has 0 aliphatic heterocycles. The number of nitrogens with zero attached hydrogens (tertiary/aromatic N) is 2. The number of aromatic nitrogens is 2. The molecule has 0 fully saturated rings. The Morgan fingerprint density at radius 3 is 2.61 bits per heavy atom. The fourth-order valence-electron chi connectivity index (χ4n) is 3.44. The maximum absolute atomic E-state index is 13.7. The smallest absolute Gasteiger partial charge is 0.338 e. The van der Waals surface area contributed by atoms with Crippen LogP contribution in [0.4, 0.5) is 4.79 Å². The van der Waals surface area contributed by atoms with Crippen LogP contribution in [0, 0.1) is 13.8 Å².